The molecular formula is C18H13F6N3O2. The molecule has 0 radical (unpaired) electrons. The highest BCUT2D eigenvalue weighted by Gasteiger charge is 2.45. The number of likely N-dealkylation sites (tertiary alicyclic amines) is 1. The van der Waals surface area contributed by atoms with Gasteiger partial charge in [0.1, 0.15) is 5.92 Å². The highest BCUT2D eigenvalue weighted by molar-refractivity contribution is 6.08. The molecule has 2 atom stereocenters. The number of hydrogen-bond donors (Lipinski definition) is 1. The number of alkyl halides is 3. The Labute approximate surface area is 160 Å². The summed E-state index contributed by atoms with van der Waals surface area (Å²) in [5, 5.41) is 2.03. The minimum Gasteiger partial charge on any atom is -0.344 e. The van der Waals surface area contributed by atoms with Gasteiger partial charge in [-0.3, -0.25) is 14.6 Å². The molecule has 1 saturated heterocycles. The summed E-state index contributed by atoms with van der Waals surface area (Å²) in [4.78, 5) is 29.9. The summed E-state index contributed by atoms with van der Waals surface area (Å²) in [6.07, 6.45) is -4.02. The van der Waals surface area contributed by atoms with Crippen LogP contribution in [0.3, 0.4) is 0 Å². The van der Waals surface area contributed by atoms with Crippen molar-refractivity contribution in [1.82, 2.24) is 9.88 Å². The molecule has 0 aliphatic carbocycles. The molecule has 0 bridgehead atoms. The smallest absolute Gasteiger partial charge is 0.344 e. The molecule has 29 heavy (non-hydrogen) atoms. The predicted molar refractivity (Wildman–Crippen MR) is 88.1 cm³/mol. The molecule has 1 fully saturated rings. The Morgan fingerprint density at radius 2 is 1.83 bits per heavy atom. The Morgan fingerprint density at radius 1 is 1.14 bits per heavy atom. The second kappa shape index (κ2) is 7.37. The van der Waals surface area contributed by atoms with Crippen LogP contribution in [0.1, 0.15) is 17.2 Å². The van der Waals surface area contributed by atoms with Crippen molar-refractivity contribution in [3.63, 3.8) is 0 Å². The first-order chi connectivity index (χ1) is 13.5. The third-order valence-corrected chi connectivity index (χ3v) is 4.58. The quantitative estimate of drug-likeness (QED) is 0.474. The summed E-state index contributed by atoms with van der Waals surface area (Å²) in [6, 6.07) is 3.22. The summed E-state index contributed by atoms with van der Waals surface area (Å²) in [5.74, 6) is -8.92. The average molecular weight is 417 g/mol. The number of aromatic nitrogens is 1. The number of hydrogen-bond acceptors (Lipinski definition) is 3. The summed E-state index contributed by atoms with van der Waals surface area (Å²) < 4.78 is 78.3. The molecule has 2 heterocycles. The summed E-state index contributed by atoms with van der Waals surface area (Å²) >= 11 is 0. The molecule has 3 rings (SSSR count). The van der Waals surface area contributed by atoms with E-state index in [0.29, 0.717) is 12.3 Å². The van der Waals surface area contributed by atoms with Gasteiger partial charge in [-0.2, -0.15) is 13.2 Å². The lowest BCUT2D eigenvalue weighted by atomic mass is 9.90. The molecule has 1 aliphatic rings. The van der Waals surface area contributed by atoms with E-state index in [4.69, 9.17) is 0 Å². The Morgan fingerprint density at radius 3 is 2.41 bits per heavy atom. The molecule has 11 heteroatoms. The average Bonchev–Trinajstić information content (AvgIpc) is 2.96. The van der Waals surface area contributed by atoms with E-state index in [1.807, 2.05) is 5.32 Å². The number of carbonyl (C=O) groups is 2. The number of pyridine rings is 1. The fourth-order valence-electron chi connectivity index (χ4n) is 3.08. The predicted octanol–water partition coefficient (Wildman–Crippen LogP) is 3.33. The number of likely N-dealkylation sites (N-methyl/N-ethyl adjacent to an activating group) is 1. The molecule has 5 nitrogen and oxygen atoms in total. The number of carbonyl (C=O) groups excluding carboxylic acids is 2. The van der Waals surface area contributed by atoms with Crippen LogP contribution in [-0.4, -0.2) is 35.3 Å². The molecule has 154 valence electrons. The van der Waals surface area contributed by atoms with E-state index < -0.39 is 58.5 Å². The molecule has 1 aromatic carbocycles. The first kappa shape index (κ1) is 20.6. The molecule has 1 N–H and O–H groups in total. The molecule has 0 spiro atoms. The van der Waals surface area contributed by atoms with Crippen LogP contribution in [0, 0.1) is 23.4 Å². The van der Waals surface area contributed by atoms with E-state index in [0.717, 1.165) is 18.2 Å². The third kappa shape index (κ3) is 3.89. The number of nitrogens with one attached hydrogen (secondary N) is 1. The van der Waals surface area contributed by atoms with Crippen molar-refractivity contribution in [3.05, 3.63) is 59.2 Å². The van der Waals surface area contributed by atoms with Crippen molar-refractivity contribution in [2.75, 3.05) is 18.9 Å². The fourth-order valence-corrected chi connectivity index (χ4v) is 3.08. The lowest BCUT2D eigenvalue weighted by Crippen LogP contribution is -2.33. The lowest BCUT2D eigenvalue weighted by Gasteiger charge is -2.17. The van der Waals surface area contributed by atoms with E-state index in [1.54, 1.807) is 0 Å². The van der Waals surface area contributed by atoms with Gasteiger partial charge >= 0.3 is 6.18 Å². The van der Waals surface area contributed by atoms with Crippen LogP contribution in [0.15, 0.2) is 30.5 Å². The van der Waals surface area contributed by atoms with Crippen molar-refractivity contribution in [3.8, 4) is 0 Å². The standard InChI is InChI=1S/C18H13F6N3O2/c1-27-7-9(11-4-2-8(6-25-11)18(22,23)24)13(17(27)29)16(28)26-12-5-3-10(19)14(20)15(12)21/h2-6,9,13H,7H2,1H3,(H,26,28)/t9-,13+/m1/s1. The second-order valence-electron chi connectivity index (χ2n) is 6.48. The minimum absolute atomic E-state index is 0.0183. The number of halogens is 6. The number of rotatable bonds is 3. The number of nitrogens with zero attached hydrogens (tertiary/aromatic N) is 2. The van der Waals surface area contributed by atoms with Crippen LogP contribution in [0.25, 0.3) is 0 Å². The van der Waals surface area contributed by atoms with Crippen molar-refractivity contribution >= 4 is 17.5 Å². The maximum atomic E-state index is 13.8. The van der Waals surface area contributed by atoms with Gasteiger partial charge in [-0.1, -0.05) is 0 Å². The van der Waals surface area contributed by atoms with Crippen LogP contribution in [0.5, 0.6) is 0 Å². The topological polar surface area (TPSA) is 62.3 Å². The maximum absolute atomic E-state index is 13.8. The zero-order valence-electron chi connectivity index (χ0n) is 14.7. The first-order valence-corrected chi connectivity index (χ1v) is 8.23. The molecule has 1 aliphatic heterocycles. The van der Waals surface area contributed by atoms with Gasteiger partial charge in [0.15, 0.2) is 17.5 Å². The normalized spacial score (nSPS) is 19.6. The number of benzene rings is 1. The van der Waals surface area contributed by atoms with E-state index in [2.05, 4.69) is 4.98 Å². The Kier molecular flexibility index (Phi) is 5.24. The monoisotopic (exact) mass is 417 g/mol. The molecule has 0 saturated carbocycles. The SMILES string of the molecule is CN1C[C@H](c2ccc(C(F)(F)F)cn2)[C@@H](C(=O)Nc2ccc(F)c(F)c2F)C1=O. The largest absolute Gasteiger partial charge is 0.417 e. The summed E-state index contributed by atoms with van der Waals surface area (Å²) in [6.45, 7) is -0.0183. The Balaban J connectivity index is 1.88. The number of amides is 2. The van der Waals surface area contributed by atoms with Gasteiger partial charge in [0.05, 0.1) is 11.3 Å². The van der Waals surface area contributed by atoms with Gasteiger partial charge in [0.25, 0.3) is 0 Å². The van der Waals surface area contributed by atoms with Gasteiger partial charge in [0, 0.05) is 31.4 Å². The van der Waals surface area contributed by atoms with E-state index in [-0.39, 0.29) is 12.2 Å². The van der Waals surface area contributed by atoms with Gasteiger partial charge < -0.3 is 10.2 Å². The van der Waals surface area contributed by atoms with Crippen molar-refractivity contribution < 1.29 is 35.9 Å². The van der Waals surface area contributed by atoms with Crippen molar-refractivity contribution in [1.29, 1.82) is 0 Å². The van der Waals surface area contributed by atoms with E-state index in [9.17, 15) is 35.9 Å². The summed E-state index contributed by atoms with van der Waals surface area (Å²) in [7, 11) is 1.38. The van der Waals surface area contributed by atoms with Crippen LogP contribution < -0.4 is 5.32 Å². The van der Waals surface area contributed by atoms with Gasteiger partial charge in [-0.15, -0.1) is 0 Å². The Bertz CT molecular complexity index is 961. The fraction of sp³-hybridized carbons (Fsp3) is 0.278. The first-order valence-electron chi connectivity index (χ1n) is 8.23. The van der Waals surface area contributed by atoms with Gasteiger partial charge in [-0.05, 0) is 24.3 Å². The zero-order chi connectivity index (χ0) is 21.5. The molecule has 1 aromatic heterocycles. The molecule has 0 unspecified atom stereocenters. The lowest BCUT2D eigenvalue weighted by molar-refractivity contribution is -0.138. The number of anilines is 1. The highest BCUT2D eigenvalue weighted by Crippen LogP contribution is 2.35. The van der Waals surface area contributed by atoms with Crippen molar-refractivity contribution in [2.45, 2.75) is 12.1 Å². The van der Waals surface area contributed by atoms with Crippen molar-refractivity contribution in [2.24, 2.45) is 5.92 Å². The second-order valence-corrected chi connectivity index (χ2v) is 6.48. The minimum atomic E-state index is -4.60. The maximum Gasteiger partial charge on any atom is 0.417 e. The van der Waals surface area contributed by atoms with E-state index >= 15 is 0 Å². The van der Waals surface area contributed by atoms with Gasteiger partial charge in [0.2, 0.25) is 11.8 Å². The molecule has 2 aromatic rings. The van der Waals surface area contributed by atoms with Crippen LogP contribution in [0.4, 0.5) is 32.0 Å². The van der Waals surface area contributed by atoms with Crippen LogP contribution in [-0.2, 0) is 15.8 Å². The third-order valence-electron chi connectivity index (χ3n) is 4.58. The molecular weight excluding hydrogens is 404 g/mol. The van der Waals surface area contributed by atoms with Crippen LogP contribution in [0.2, 0.25) is 0 Å². The highest BCUT2D eigenvalue weighted by atomic mass is 19.4. The molecule has 2 amide bonds. The van der Waals surface area contributed by atoms with Gasteiger partial charge in [-0.25, -0.2) is 13.2 Å². The Hall–Kier alpha value is -3.11. The zero-order valence-corrected chi connectivity index (χ0v) is 14.7. The van der Waals surface area contributed by atoms with E-state index in [1.165, 1.54) is 11.9 Å². The van der Waals surface area contributed by atoms with Crippen LogP contribution >= 0.6 is 0 Å². The summed E-state index contributed by atoms with van der Waals surface area (Å²) in [5.41, 5.74) is -1.61.